The van der Waals surface area contributed by atoms with Crippen molar-refractivity contribution in [2.75, 3.05) is 19.6 Å². The van der Waals surface area contributed by atoms with Crippen molar-refractivity contribution in [2.24, 2.45) is 17.6 Å². The van der Waals surface area contributed by atoms with Gasteiger partial charge >= 0.3 is 0 Å². The maximum absolute atomic E-state index is 5.93. The van der Waals surface area contributed by atoms with E-state index in [1.54, 1.807) is 0 Å². The van der Waals surface area contributed by atoms with Gasteiger partial charge < -0.3 is 5.73 Å². The first-order valence-electron chi connectivity index (χ1n) is 6.79. The maximum atomic E-state index is 5.93. The zero-order chi connectivity index (χ0) is 10.3. The highest BCUT2D eigenvalue weighted by Crippen LogP contribution is 2.45. The molecule has 0 spiro atoms. The van der Waals surface area contributed by atoms with Gasteiger partial charge in [0.25, 0.3) is 0 Å². The average molecular weight is 208 g/mol. The van der Waals surface area contributed by atoms with Crippen LogP contribution in [0.5, 0.6) is 0 Å². The summed E-state index contributed by atoms with van der Waals surface area (Å²) in [4.78, 5) is 2.74. The largest absolute Gasteiger partial charge is 0.329 e. The molecule has 0 amide bonds. The molecule has 1 saturated heterocycles. The van der Waals surface area contributed by atoms with Crippen LogP contribution in [0.4, 0.5) is 0 Å². The quantitative estimate of drug-likeness (QED) is 0.752. The van der Waals surface area contributed by atoms with E-state index in [0.717, 1.165) is 18.4 Å². The van der Waals surface area contributed by atoms with E-state index >= 15 is 0 Å². The second kappa shape index (κ2) is 3.74. The summed E-state index contributed by atoms with van der Waals surface area (Å²) >= 11 is 0. The fourth-order valence-corrected chi connectivity index (χ4v) is 3.83. The number of piperidine rings is 1. The van der Waals surface area contributed by atoms with E-state index in [1.807, 2.05) is 0 Å². The second-order valence-corrected chi connectivity index (χ2v) is 5.97. The summed E-state index contributed by atoms with van der Waals surface area (Å²) < 4.78 is 0. The lowest BCUT2D eigenvalue weighted by Crippen LogP contribution is -2.50. The summed E-state index contributed by atoms with van der Waals surface area (Å²) in [5.74, 6) is 2.07. The fraction of sp³-hybridized carbons (Fsp3) is 1.00. The molecule has 0 radical (unpaired) electrons. The number of fused-ring (bicyclic) bond motifs is 1. The Morgan fingerprint density at radius 3 is 2.47 bits per heavy atom. The molecule has 3 aliphatic rings. The summed E-state index contributed by atoms with van der Waals surface area (Å²) in [5, 5.41) is 0. The van der Waals surface area contributed by atoms with Crippen molar-refractivity contribution >= 4 is 0 Å². The normalized spacial score (nSPS) is 39.8. The van der Waals surface area contributed by atoms with Gasteiger partial charge in [-0.1, -0.05) is 19.3 Å². The smallest absolute Gasteiger partial charge is 0.0333 e. The minimum absolute atomic E-state index is 0.461. The first-order valence-corrected chi connectivity index (χ1v) is 6.79. The molecule has 2 heteroatoms. The molecule has 0 aromatic rings. The van der Waals surface area contributed by atoms with Gasteiger partial charge in [0.15, 0.2) is 0 Å². The van der Waals surface area contributed by atoms with Crippen molar-refractivity contribution in [1.82, 2.24) is 4.90 Å². The van der Waals surface area contributed by atoms with Crippen molar-refractivity contribution in [1.29, 1.82) is 0 Å². The van der Waals surface area contributed by atoms with Crippen LogP contribution in [0, 0.1) is 11.8 Å². The molecular formula is C13H24N2. The molecule has 2 atom stereocenters. The lowest BCUT2D eigenvalue weighted by molar-refractivity contribution is 0.0499. The Morgan fingerprint density at radius 2 is 1.80 bits per heavy atom. The Hall–Kier alpha value is -0.0800. The topological polar surface area (TPSA) is 29.3 Å². The van der Waals surface area contributed by atoms with Crippen LogP contribution in [0.3, 0.4) is 0 Å². The summed E-state index contributed by atoms with van der Waals surface area (Å²) in [6.45, 7) is 3.59. The first-order chi connectivity index (χ1) is 7.34. The van der Waals surface area contributed by atoms with Crippen molar-refractivity contribution in [3.8, 4) is 0 Å². The Kier molecular flexibility index (Phi) is 2.52. The monoisotopic (exact) mass is 208 g/mol. The summed E-state index contributed by atoms with van der Waals surface area (Å²) in [6.07, 6.45) is 10.1. The molecule has 2 aliphatic carbocycles. The first kappa shape index (κ1) is 10.1. The summed E-state index contributed by atoms with van der Waals surface area (Å²) in [5.41, 5.74) is 6.39. The lowest BCUT2D eigenvalue weighted by Gasteiger charge is -2.44. The highest BCUT2D eigenvalue weighted by atomic mass is 15.2. The van der Waals surface area contributed by atoms with Crippen molar-refractivity contribution in [3.63, 3.8) is 0 Å². The second-order valence-electron chi connectivity index (χ2n) is 5.97. The van der Waals surface area contributed by atoms with Gasteiger partial charge in [0.2, 0.25) is 0 Å². The zero-order valence-corrected chi connectivity index (χ0v) is 9.75. The lowest BCUT2D eigenvalue weighted by atomic mass is 9.74. The molecular weight excluding hydrogens is 184 g/mol. The van der Waals surface area contributed by atoms with Gasteiger partial charge in [-0.25, -0.2) is 0 Å². The van der Waals surface area contributed by atoms with Crippen molar-refractivity contribution < 1.29 is 0 Å². The third-order valence-corrected chi connectivity index (χ3v) is 5.17. The molecule has 2 saturated carbocycles. The van der Waals surface area contributed by atoms with Crippen molar-refractivity contribution in [2.45, 2.75) is 50.5 Å². The predicted molar refractivity (Wildman–Crippen MR) is 62.7 cm³/mol. The van der Waals surface area contributed by atoms with Gasteiger partial charge in [0.1, 0.15) is 0 Å². The van der Waals surface area contributed by atoms with Gasteiger partial charge in [0, 0.05) is 18.6 Å². The van der Waals surface area contributed by atoms with Crippen LogP contribution in [0.2, 0.25) is 0 Å². The highest BCUT2D eigenvalue weighted by Gasteiger charge is 2.48. The molecule has 1 aliphatic heterocycles. The van der Waals surface area contributed by atoms with Gasteiger partial charge in [-0.15, -0.1) is 0 Å². The van der Waals surface area contributed by atoms with Gasteiger partial charge in [-0.3, -0.25) is 4.90 Å². The summed E-state index contributed by atoms with van der Waals surface area (Å²) in [6, 6.07) is 0. The van der Waals surface area contributed by atoms with E-state index in [-0.39, 0.29) is 0 Å². The van der Waals surface area contributed by atoms with Gasteiger partial charge in [0.05, 0.1) is 0 Å². The van der Waals surface area contributed by atoms with Gasteiger partial charge in [-0.05, 0) is 44.1 Å². The Bertz CT molecular complexity index is 235. The number of hydrogen-bond acceptors (Lipinski definition) is 2. The number of likely N-dealkylation sites (tertiary alicyclic amines) is 1. The third kappa shape index (κ3) is 1.72. The van der Waals surface area contributed by atoms with Crippen LogP contribution in [0.1, 0.15) is 44.9 Å². The van der Waals surface area contributed by atoms with E-state index in [4.69, 9.17) is 5.73 Å². The van der Waals surface area contributed by atoms with E-state index in [0.29, 0.717) is 5.54 Å². The number of rotatable bonds is 2. The molecule has 2 nitrogen and oxygen atoms in total. The molecule has 3 rings (SSSR count). The Balaban J connectivity index is 1.65. The SMILES string of the molecule is NCC1(N2CCC3CCCCC3C2)CC1. The maximum Gasteiger partial charge on any atom is 0.0333 e. The summed E-state index contributed by atoms with van der Waals surface area (Å²) in [7, 11) is 0. The molecule has 15 heavy (non-hydrogen) atoms. The molecule has 2 unspecified atom stereocenters. The van der Waals surface area contributed by atoms with Gasteiger partial charge in [-0.2, -0.15) is 0 Å². The van der Waals surface area contributed by atoms with Crippen LogP contribution in [-0.2, 0) is 0 Å². The molecule has 1 heterocycles. The molecule has 2 N–H and O–H groups in total. The molecule has 0 aromatic heterocycles. The predicted octanol–water partition coefficient (Wildman–Crippen LogP) is 1.99. The van der Waals surface area contributed by atoms with E-state index in [1.165, 1.54) is 58.0 Å². The van der Waals surface area contributed by atoms with Crippen LogP contribution in [0.25, 0.3) is 0 Å². The number of nitrogens with two attached hydrogens (primary N) is 1. The Morgan fingerprint density at radius 1 is 1.07 bits per heavy atom. The Labute approximate surface area is 93.2 Å². The molecule has 0 bridgehead atoms. The van der Waals surface area contributed by atoms with E-state index < -0.39 is 0 Å². The highest BCUT2D eigenvalue weighted by molar-refractivity contribution is 5.06. The van der Waals surface area contributed by atoms with Crippen LogP contribution in [-0.4, -0.2) is 30.1 Å². The van der Waals surface area contributed by atoms with Crippen LogP contribution in [0.15, 0.2) is 0 Å². The number of hydrogen-bond donors (Lipinski definition) is 1. The van der Waals surface area contributed by atoms with Crippen LogP contribution >= 0.6 is 0 Å². The molecule has 86 valence electrons. The zero-order valence-electron chi connectivity index (χ0n) is 9.75. The molecule has 3 fully saturated rings. The minimum atomic E-state index is 0.461. The molecule has 0 aromatic carbocycles. The fourth-order valence-electron chi connectivity index (χ4n) is 3.83. The standard InChI is InChI=1S/C13H24N2/c14-10-13(6-7-13)15-8-5-11-3-1-2-4-12(11)9-15/h11-12H,1-10,14H2. The number of nitrogens with zero attached hydrogens (tertiary/aromatic N) is 1. The van der Waals surface area contributed by atoms with E-state index in [2.05, 4.69) is 4.90 Å². The van der Waals surface area contributed by atoms with Crippen LogP contribution < -0.4 is 5.73 Å². The average Bonchev–Trinajstić information content (AvgIpc) is 3.09. The third-order valence-electron chi connectivity index (χ3n) is 5.17. The van der Waals surface area contributed by atoms with Crippen molar-refractivity contribution in [3.05, 3.63) is 0 Å². The minimum Gasteiger partial charge on any atom is -0.329 e. The van der Waals surface area contributed by atoms with E-state index in [9.17, 15) is 0 Å².